The lowest BCUT2D eigenvalue weighted by atomic mass is 10.1. The first kappa shape index (κ1) is 16.5. The van der Waals surface area contributed by atoms with Crippen molar-refractivity contribution in [2.45, 2.75) is 34.1 Å². The third-order valence-electron chi connectivity index (χ3n) is 3.48. The number of anilines is 1. The highest BCUT2D eigenvalue weighted by molar-refractivity contribution is 5.91. The number of aryl methyl sites for hydroxylation is 2. The van der Waals surface area contributed by atoms with Gasteiger partial charge in [-0.25, -0.2) is 4.98 Å². The smallest absolute Gasteiger partial charge is 0.311 e. The van der Waals surface area contributed by atoms with Crippen molar-refractivity contribution in [1.29, 1.82) is 0 Å². The molecule has 0 bridgehead atoms. The summed E-state index contributed by atoms with van der Waals surface area (Å²) in [5.41, 5.74) is 2.39. The molecule has 1 aliphatic rings. The van der Waals surface area contributed by atoms with Crippen LogP contribution in [-0.2, 0) is 11.2 Å². The summed E-state index contributed by atoms with van der Waals surface area (Å²) in [5, 5.41) is 0.862. The number of ether oxygens (including phenoxy) is 1. The highest BCUT2D eigenvalue weighted by atomic mass is 19.1. The maximum atomic E-state index is 13.7. The minimum Gasteiger partial charge on any atom is -0.378 e. The van der Waals surface area contributed by atoms with Crippen molar-refractivity contribution in [2.75, 3.05) is 31.2 Å². The van der Waals surface area contributed by atoms with Crippen molar-refractivity contribution in [3.05, 3.63) is 23.5 Å². The third-order valence-corrected chi connectivity index (χ3v) is 3.48. The van der Waals surface area contributed by atoms with Gasteiger partial charge in [0.15, 0.2) is 0 Å². The van der Waals surface area contributed by atoms with E-state index in [1.54, 1.807) is 0 Å². The van der Waals surface area contributed by atoms with Crippen LogP contribution in [0.1, 0.15) is 32.2 Å². The summed E-state index contributed by atoms with van der Waals surface area (Å²) in [4.78, 5) is 14.5. The Bertz CT molecular complexity index is 636. The maximum absolute atomic E-state index is 13.7. The first-order valence-electron chi connectivity index (χ1n) is 7.85. The van der Waals surface area contributed by atoms with E-state index < -0.39 is 6.08 Å². The Kier molecular flexibility index (Phi) is 5.60. The summed E-state index contributed by atoms with van der Waals surface area (Å²) in [6.45, 7) is 10.6. The van der Waals surface area contributed by atoms with Crippen molar-refractivity contribution in [3.63, 3.8) is 0 Å². The summed E-state index contributed by atoms with van der Waals surface area (Å²) < 4.78 is 19.1. The molecule has 2 aromatic rings. The number of halogens is 1. The molecule has 1 saturated heterocycles. The molecule has 0 aromatic carbocycles. The molecule has 5 nitrogen and oxygen atoms in total. The van der Waals surface area contributed by atoms with Crippen LogP contribution in [0.5, 0.6) is 0 Å². The predicted octanol–water partition coefficient (Wildman–Crippen LogP) is 2.90. The van der Waals surface area contributed by atoms with Crippen molar-refractivity contribution in [3.8, 4) is 0 Å². The van der Waals surface area contributed by atoms with Crippen molar-refractivity contribution < 1.29 is 9.13 Å². The SMILES string of the molecule is CC.CCc1nc(C)cc2nc(F)nc(N3CCOCC3)c12. The molecule has 0 saturated carbocycles. The summed E-state index contributed by atoms with van der Waals surface area (Å²) in [6.07, 6.45) is 0.0801. The van der Waals surface area contributed by atoms with Gasteiger partial charge >= 0.3 is 6.08 Å². The standard InChI is InChI=1S/C14H17FN4O.C2H6/c1-3-10-12-11(8-9(2)16-10)17-14(15)18-13(12)19-4-6-20-7-5-19;1-2/h8H,3-7H2,1-2H3;1-2H3. The minimum absolute atomic E-state index is 0.628. The van der Waals surface area contributed by atoms with E-state index in [4.69, 9.17) is 4.74 Å². The molecule has 6 heteroatoms. The lowest BCUT2D eigenvalue weighted by Gasteiger charge is -2.29. The van der Waals surface area contributed by atoms with Gasteiger partial charge in [-0.05, 0) is 19.4 Å². The molecule has 22 heavy (non-hydrogen) atoms. The van der Waals surface area contributed by atoms with Gasteiger partial charge in [0.05, 0.1) is 29.8 Å². The van der Waals surface area contributed by atoms with Crippen LogP contribution in [-0.4, -0.2) is 41.3 Å². The van der Waals surface area contributed by atoms with Gasteiger partial charge in [0, 0.05) is 18.8 Å². The Hall–Kier alpha value is -1.82. The van der Waals surface area contributed by atoms with E-state index in [1.165, 1.54) is 0 Å². The number of aromatic nitrogens is 3. The average Bonchev–Trinajstić information content (AvgIpc) is 2.55. The van der Waals surface area contributed by atoms with Gasteiger partial charge in [0.2, 0.25) is 0 Å². The fourth-order valence-electron chi connectivity index (χ4n) is 2.58. The fourth-order valence-corrected chi connectivity index (χ4v) is 2.58. The molecule has 1 fully saturated rings. The second-order valence-corrected chi connectivity index (χ2v) is 4.87. The average molecular weight is 306 g/mol. The van der Waals surface area contributed by atoms with Crippen LogP contribution in [0.25, 0.3) is 10.9 Å². The molecule has 2 aromatic heterocycles. The minimum atomic E-state index is -0.688. The van der Waals surface area contributed by atoms with E-state index in [0.717, 1.165) is 23.2 Å². The zero-order valence-electron chi connectivity index (χ0n) is 13.7. The second kappa shape index (κ2) is 7.45. The maximum Gasteiger partial charge on any atom is 0.311 e. The molecule has 120 valence electrons. The Morgan fingerprint density at radius 3 is 2.50 bits per heavy atom. The van der Waals surface area contributed by atoms with Crippen LogP contribution in [0.3, 0.4) is 0 Å². The number of rotatable bonds is 2. The molecule has 3 rings (SSSR count). The second-order valence-electron chi connectivity index (χ2n) is 4.87. The zero-order chi connectivity index (χ0) is 16.1. The van der Waals surface area contributed by atoms with Gasteiger partial charge < -0.3 is 9.64 Å². The van der Waals surface area contributed by atoms with E-state index in [0.29, 0.717) is 37.6 Å². The van der Waals surface area contributed by atoms with Crippen LogP contribution in [0.15, 0.2) is 6.07 Å². The summed E-state index contributed by atoms with van der Waals surface area (Å²) in [7, 11) is 0. The number of hydrogen-bond donors (Lipinski definition) is 0. The first-order valence-corrected chi connectivity index (χ1v) is 7.85. The quantitative estimate of drug-likeness (QED) is 0.799. The first-order chi connectivity index (χ1) is 10.7. The zero-order valence-corrected chi connectivity index (χ0v) is 13.7. The molecule has 0 spiro atoms. The monoisotopic (exact) mass is 306 g/mol. The van der Waals surface area contributed by atoms with Crippen LogP contribution in [0, 0.1) is 13.0 Å². The Morgan fingerprint density at radius 2 is 1.86 bits per heavy atom. The van der Waals surface area contributed by atoms with Crippen molar-refractivity contribution in [1.82, 2.24) is 15.0 Å². The fraction of sp³-hybridized carbons (Fsp3) is 0.562. The van der Waals surface area contributed by atoms with Crippen molar-refractivity contribution in [2.24, 2.45) is 0 Å². The lowest BCUT2D eigenvalue weighted by Crippen LogP contribution is -2.37. The van der Waals surface area contributed by atoms with Crippen molar-refractivity contribution >= 4 is 16.7 Å². The van der Waals surface area contributed by atoms with E-state index in [1.807, 2.05) is 38.7 Å². The molecule has 0 N–H and O–H groups in total. The third kappa shape index (κ3) is 3.32. The number of fused-ring (bicyclic) bond motifs is 1. The number of morpholine rings is 1. The van der Waals surface area contributed by atoms with Gasteiger partial charge in [-0.15, -0.1) is 0 Å². The molecule has 1 aliphatic heterocycles. The van der Waals surface area contributed by atoms with E-state index >= 15 is 0 Å². The Balaban J connectivity index is 0.000000847. The van der Waals surface area contributed by atoms with Crippen LogP contribution in [0.2, 0.25) is 0 Å². The predicted molar refractivity (Wildman–Crippen MR) is 85.8 cm³/mol. The largest absolute Gasteiger partial charge is 0.378 e. The number of pyridine rings is 1. The van der Waals surface area contributed by atoms with E-state index in [2.05, 4.69) is 15.0 Å². The summed E-state index contributed by atoms with van der Waals surface area (Å²) >= 11 is 0. The number of nitrogens with zero attached hydrogens (tertiary/aromatic N) is 4. The van der Waals surface area contributed by atoms with Gasteiger partial charge in [0.1, 0.15) is 5.82 Å². The molecular weight excluding hydrogens is 283 g/mol. The highest BCUT2D eigenvalue weighted by Crippen LogP contribution is 2.27. The molecule has 0 unspecified atom stereocenters. The number of hydrogen-bond acceptors (Lipinski definition) is 5. The van der Waals surface area contributed by atoms with E-state index in [9.17, 15) is 4.39 Å². The molecule has 0 amide bonds. The molecule has 0 atom stereocenters. The van der Waals surface area contributed by atoms with Crippen LogP contribution < -0.4 is 4.90 Å². The van der Waals surface area contributed by atoms with Crippen LogP contribution >= 0.6 is 0 Å². The highest BCUT2D eigenvalue weighted by Gasteiger charge is 2.20. The lowest BCUT2D eigenvalue weighted by molar-refractivity contribution is 0.122. The van der Waals surface area contributed by atoms with Gasteiger partial charge in [-0.1, -0.05) is 20.8 Å². The summed E-state index contributed by atoms with van der Waals surface area (Å²) in [5.74, 6) is 0.639. The Labute approximate surface area is 130 Å². The summed E-state index contributed by atoms with van der Waals surface area (Å²) in [6, 6.07) is 1.81. The topological polar surface area (TPSA) is 51.1 Å². The molecule has 0 radical (unpaired) electrons. The van der Waals surface area contributed by atoms with Gasteiger partial charge in [-0.3, -0.25) is 4.98 Å². The normalized spacial score (nSPS) is 14.7. The van der Waals surface area contributed by atoms with E-state index in [-0.39, 0.29) is 0 Å². The van der Waals surface area contributed by atoms with Gasteiger partial charge in [-0.2, -0.15) is 9.37 Å². The van der Waals surface area contributed by atoms with Gasteiger partial charge in [0.25, 0.3) is 0 Å². The molecule has 3 heterocycles. The van der Waals surface area contributed by atoms with Crippen LogP contribution in [0.4, 0.5) is 10.2 Å². The Morgan fingerprint density at radius 1 is 1.18 bits per heavy atom. The molecular formula is C16H23FN4O. The molecule has 0 aliphatic carbocycles.